The first-order valence-corrected chi connectivity index (χ1v) is 14.1. The van der Waals surface area contributed by atoms with Crippen LogP contribution >= 0.6 is 0 Å². The molecule has 0 radical (unpaired) electrons. The van der Waals surface area contributed by atoms with Crippen molar-refractivity contribution in [1.82, 2.24) is 14.6 Å². The van der Waals surface area contributed by atoms with Crippen molar-refractivity contribution in [2.24, 2.45) is 11.8 Å². The molecule has 0 amide bonds. The molecule has 0 aliphatic heterocycles. The highest BCUT2D eigenvalue weighted by molar-refractivity contribution is 6.04. The summed E-state index contributed by atoms with van der Waals surface area (Å²) in [5.41, 5.74) is 11.8. The molecule has 4 heteroatoms. The van der Waals surface area contributed by atoms with Crippen LogP contribution in [0.25, 0.3) is 16.7 Å². The molecule has 37 heavy (non-hydrogen) atoms. The molecule has 1 saturated carbocycles. The molecule has 6 rings (SSSR count). The molecule has 3 aromatic heterocycles. The molecule has 3 aliphatic carbocycles. The average molecular weight is 492 g/mol. The zero-order valence-electron chi connectivity index (χ0n) is 22.4. The molecule has 0 spiro atoms. The second-order valence-electron chi connectivity index (χ2n) is 11.4. The van der Waals surface area contributed by atoms with Crippen molar-refractivity contribution < 1.29 is 4.79 Å². The minimum absolute atomic E-state index is 0.131. The van der Waals surface area contributed by atoms with Crippen LogP contribution in [0.4, 0.5) is 0 Å². The number of aryl methyl sites for hydroxylation is 1. The summed E-state index contributed by atoms with van der Waals surface area (Å²) in [7, 11) is 0. The molecule has 190 valence electrons. The van der Waals surface area contributed by atoms with E-state index in [1.807, 2.05) is 10.7 Å². The second-order valence-corrected chi connectivity index (χ2v) is 11.4. The molecule has 3 heterocycles. The van der Waals surface area contributed by atoms with Crippen LogP contribution in [-0.2, 0) is 6.42 Å². The van der Waals surface area contributed by atoms with E-state index in [4.69, 9.17) is 4.98 Å². The lowest BCUT2D eigenvalue weighted by Crippen LogP contribution is -2.14. The molecule has 0 N–H and O–H groups in total. The number of ketones is 1. The fourth-order valence-electron chi connectivity index (χ4n) is 6.86. The number of rotatable bonds is 4. The highest BCUT2D eigenvalue weighted by Gasteiger charge is 2.25. The molecule has 4 nitrogen and oxygen atoms in total. The van der Waals surface area contributed by atoms with Crippen LogP contribution in [0.1, 0.15) is 105 Å². The van der Waals surface area contributed by atoms with Crippen LogP contribution in [0.5, 0.6) is 0 Å². The van der Waals surface area contributed by atoms with E-state index in [0.717, 1.165) is 67.3 Å². The number of carbonyl (C=O) groups is 1. The standard InChI is InChI=1S/C33H37N3O/c1-21-15-22(2)32(23(3)16-21)26-17-28-27(11-8-12-30(28)34-19-26)25-13-14-36-31(18-25)29(20-35-36)33(37)24-9-6-4-5-7-10-24/h11,13-15,17-21,24H,4-10,12,16H2,1-3H3. The minimum atomic E-state index is 0.131. The number of pyridine rings is 2. The van der Waals surface area contributed by atoms with Crippen LogP contribution in [0.15, 0.2) is 60.1 Å². The Morgan fingerprint density at radius 3 is 2.62 bits per heavy atom. The molecule has 0 bridgehead atoms. The topological polar surface area (TPSA) is 47.3 Å². The van der Waals surface area contributed by atoms with Gasteiger partial charge >= 0.3 is 0 Å². The third-order valence-electron chi connectivity index (χ3n) is 8.59. The number of fused-ring (bicyclic) bond motifs is 2. The molecule has 3 aliphatic rings. The lowest BCUT2D eigenvalue weighted by Gasteiger charge is -2.24. The summed E-state index contributed by atoms with van der Waals surface area (Å²) in [4.78, 5) is 18.5. The number of hydrogen-bond acceptors (Lipinski definition) is 3. The third-order valence-corrected chi connectivity index (χ3v) is 8.59. The number of nitrogens with zero attached hydrogens (tertiary/aromatic N) is 3. The Labute approximate surface area is 220 Å². The Hall–Kier alpha value is -3.27. The molecule has 1 unspecified atom stereocenters. The van der Waals surface area contributed by atoms with Crippen molar-refractivity contribution in [3.8, 4) is 0 Å². The second kappa shape index (κ2) is 9.89. The first kappa shape index (κ1) is 24.1. The predicted octanol–water partition coefficient (Wildman–Crippen LogP) is 8.02. The number of aromatic nitrogens is 3. The lowest BCUT2D eigenvalue weighted by molar-refractivity contribution is 0.0909. The van der Waals surface area contributed by atoms with E-state index in [9.17, 15) is 4.79 Å². The third kappa shape index (κ3) is 4.52. The molecule has 0 aromatic carbocycles. The van der Waals surface area contributed by atoms with Crippen molar-refractivity contribution >= 4 is 22.4 Å². The molecule has 0 saturated heterocycles. The SMILES string of the molecule is CC1=CC(C)CC(C)=C1c1cnc2c(c1)C(c1ccn3ncc(C(=O)C4CCCCCC4)c3c1)=CCC2. The van der Waals surface area contributed by atoms with Crippen LogP contribution in [0.2, 0.25) is 0 Å². The fourth-order valence-corrected chi connectivity index (χ4v) is 6.86. The quantitative estimate of drug-likeness (QED) is 0.274. The Morgan fingerprint density at radius 2 is 1.84 bits per heavy atom. The highest BCUT2D eigenvalue weighted by Crippen LogP contribution is 2.38. The van der Waals surface area contributed by atoms with E-state index in [1.54, 1.807) is 6.20 Å². The van der Waals surface area contributed by atoms with Crippen molar-refractivity contribution in [1.29, 1.82) is 0 Å². The van der Waals surface area contributed by atoms with Gasteiger partial charge in [0, 0.05) is 35.1 Å². The maximum absolute atomic E-state index is 13.5. The number of allylic oxidation sites excluding steroid dienone is 5. The van der Waals surface area contributed by atoms with Crippen LogP contribution in [0, 0.1) is 11.8 Å². The minimum Gasteiger partial charge on any atom is -0.294 e. The molecule has 1 atom stereocenters. The maximum Gasteiger partial charge on any atom is 0.169 e. The number of hydrogen-bond donors (Lipinski definition) is 0. The summed E-state index contributed by atoms with van der Waals surface area (Å²) in [5.74, 6) is 0.987. The summed E-state index contributed by atoms with van der Waals surface area (Å²) in [5, 5.41) is 4.54. The van der Waals surface area contributed by atoms with E-state index < -0.39 is 0 Å². The highest BCUT2D eigenvalue weighted by atomic mass is 16.1. The zero-order chi connectivity index (χ0) is 25.5. The number of carbonyl (C=O) groups excluding carboxylic acids is 1. The summed E-state index contributed by atoms with van der Waals surface area (Å²) >= 11 is 0. The molecule has 3 aromatic rings. The largest absolute Gasteiger partial charge is 0.294 e. The molecule has 1 fully saturated rings. The summed E-state index contributed by atoms with van der Waals surface area (Å²) in [6.45, 7) is 6.78. The first-order valence-electron chi connectivity index (χ1n) is 14.1. The van der Waals surface area contributed by atoms with Gasteiger partial charge in [0.25, 0.3) is 0 Å². The van der Waals surface area contributed by atoms with Gasteiger partial charge in [0.05, 0.1) is 17.3 Å². The van der Waals surface area contributed by atoms with Crippen molar-refractivity contribution in [2.75, 3.05) is 0 Å². The van der Waals surface area contributed by atoms with Gasteiger partial charge in [0.2, 0.25) is 0 Å². The zero-order valence-corrected chi connectivity index (χ0v) is 22.4. The van der Waals surface area contributed by atoms with E-state index in [1.165, 1.54) is 46.3 Å². The molecular weight excluding hydrogens is 454 g/mol. The van der Waals surface area contributed by atoms with Gasteiger partial charge in [-0.2, -0.15) is 5.10 Å². The van der Waals surface area contributed by atoms with Crippen LogP contribution in [0.3, 0.4) is 0 Å². The first-order chi connectivity index (χ1) is 18.0. The maximum atomic E-state index is 13.5. The average Bonchev–Trinajstić information content (AvgIpc) is 3.11. The van der Waals surface area contributed by atoms with Crippen molar-refractivity contribution in [3.05, 3.63) is 88.0 Å². The van der Waals surface area contributed by atoms with Gasteiger partial charge in [-0.15, -0.1) is 0 Å². The Bertz CT molecular complexity index is 1460. The summed E-state index contributed by atoms with van der Waals surface area (Å²) in [6, 6.07) is 6.64. The lowest BCUT2D eigenvalue weighted by atomic mass is 9.82. The fraction of sp³-hybridized carbons (Fsp3) is 0.424. The Balaban J connectivity index is 1.39. The Morgan fingerprint density at radius 1 is 1.03 bits per heavy atom. The number of Topliss-reactive ketones (excluding diaryl/α,β-unsaturated/α-hetero) is 1. The van der Waals surface area contributed by atoms with Crippen LogP contribution < -0.4 is 0 Å². The van der Waals surface area contributed by atoms with E-state index in [2.05, 4.69) is 62.4 Å². The monoisotopic (exact) mass is 491 g/mol. The molecular formula is C33H37N3O. The van der Waals surface area contributed by atoms with Gasteiger partial charge in [-0.3, -0.25) is 9.78 Å². The normalized spacial score (nSPS) is 20.9. The Kier molecular flexibility index (Phi) is 6.44. The van der Waals surface area contributed by atoms with E-state index in [0.29, 0.717) is 5.92 Å². The van der Waals surface area contributed by atoms with Gasteiger partial charge in [0.15, 0.2) is 5.78 Å². The van der Waals surface area contributed by atoms with Gasteiger partial charge in [0.1, 0.15) is 0 Å². The van der Waals surface area contributed by atoms with E-state index in [-0.39, 0.29) is 11.7 Å². The van der Waals surface area contributed by atoms with Gasteiger partial charge < -0.3 is 0 Å². The van der Waals surface area contributed by atoms with E-state index >= 15 is 0 Å². The summed E-state index contributed by atoms with van der Waals surface area (Å²) < 4.78 is 1.86. The predicted molar refractivity (Wildman–Crippen MR) is 150 cm³/mol. The van der Waals surface area contributed by atoms with Crippen molar-refractivity contribution in [3.63, 3.8) is 0 Å². The van der Waals surface area contributed by atoms with Crippen molar-refractivity contribution in [2.45, 2.75) is 78.6 Å². The van der Waals surface area contributed by atoms with Gasteiger partial charge in [-0.25, -0.2) is 4.52 Å². The van der Waals surface area contributed by atoms with Gasteiger partial charge in [-0.05, 0) is 92.4 Å². The smallest absolute Gasteiger partial charge is 0.169 e. The summed E-state index contributed by atoms with van der Waals surface area (Å²) in [6.07, 6.45) is 20.4. The van der Waals surface area contributed by atoms with Gasteiger partial charge in [-0.1, -0.05) is 50.3 Å². The van der Waals surface area contributed by atoms with Crippen LogP contribution in [-0.4, -0.2) is 20.4 Å².